The van der Waals surface area contributed by atoms with Crippen molar-refractivity contribution in [3.8, 4) is 11.4 Å². The summed E-state index contributed by atoms with van der Waals surface area (Å²) < 4.78 is 0. The predicted molar refractivity (Wildman–Crippen MR) is 71.2 cm³/mol. The van der Waals surface area contributed by atoms with Gasteiger partial charge >= 0.3 is 0 Å². The molecule has 6 heteroatoms. The summed E-state index contributed by atoms with van der Waals surface area (Å²) in [4.78, 5) is 13.2. The van der Waals surface area contributed by atoms with Gasteiger partial charge in [0.05, 0.1) is 0 Å². The Morgan fingerprint density at radius 2 is 1.95 bits per heavy atom. The number of nitrogens with one attached hydrogen (secondary N) is 1. The van der Waals surface area contributed by atoms with E-state index in [1.165, 1.54) is 4.80 Å². The average molecular weight is 259 g/mol. The van der Waals surface area contributed by atoms with Gasteiger partial charge in [0.2, 0.25) is 11.7 Å². The fourth-order valence-corrected chi connectivity index (χ4v) is 1.87. The number of amides is 1. The van der Waals surface area contributed by atoms with Crippen LogP contribution in [0.3, 0.4) is 0 Å². The fraction of sp³-hybridized carbons (Fsp3) is 0.385. The van der Waals surface area contributed by atoms with Gasteiger partial charge in [-0.15, -0.1) is 10.2 Å². The van der Waals surface area contributed by atoms with Crippen molar-refractivity contribution in [2.24, 2.45) is 5.92 Å². The molecule has 0 aliphatic carbocycles. The van der Waals surface area contributed by atoms with Crippen molar-refractivity contribution < 1.29 is 4.79 Å². The number of carbonyl (C=O) groups is 1. The van der Waals surface area contributed by atoms with Gasteiger partial charge in [0.25, 0.3) is 0 Å². The van der Waals surface area contributed by atoms with Gasteiger partial charge in [-0.05, 0) is 11.1 Å². The van der Waals surface area contributed by atoms with E-state index < -0.39 is 6.04 Å². The maximum Gasteiger partial charge on any atom is 0.246 e. The maximum atomic E-state index is 11.9. The van der Waals surface area contributed by atoms with Gasteiger partial charge in [0.15, 0.2) is 6.04 Å². The molecule has 1 heterocycles. The van der Waals surface area contributed by atoms with Crippen molar-refractivity contribution in [1.82, 2.24) is 25.5 Å². The van der Waals surface area contributed by atoms with E-state index in [2.05, 4.69) is 20.7 Å². The van der Waals surface area contributed by atoms with Gasteiger partial charge < -0.3 is 5.32 Å². The highest BCUT2D eigenvalue weighted by atomic mass is 16.2. The summed E-state index contributed by atoms with van der Waals surface area (Å²) in [5, 5.41) is 14.9. The van der Waals surface area contributed by atoms with Gasteiger partial charge in [-0.3, -0.25) is 4.79 Å². The van der Waals surface area contributed by atoms with E-state index in [0.29, 0.717) is 5.82 Å². The minimum absolute atomic E-state index is 0.0813. The number of hydrogen-bond donors (Lipinski definition) is 1. The third-order valence-electron chi connectivity index (χ3n) is 2.86. The zero-order chi connectivity index (χ0) is 13.8. The van der Waals surface area contributed by atoms with Crippen molar-refractivity contribution in [1.29, 1.82) is 0 Å². The van der Waals surface area contributed by atoms with E-state index in [1.807, 2.05) is 44.2 Å². The first-order chi connectivity index (χ1) is 9.13. The smallest absolute Gasteiger partial charge is 0.246 e. The van der Waals surface area contributed by atoms with Crippen LogP contribution in [-0.2, 0) is 4.79 Å². The molecule has 1 aromatic heterocycles. The largest absolute Gasteiger partial charge is 0.357 e. The minimum atomic E-state index is -0.449. The molecule has 100 valence electrons. The van der Waals surface area contributed by atoms with Crippen LogP contribution in [0.1, 0.15) is 19.9 Å². The molecule has 1 N–H and O–H groups in total. The molecule has 0 fully saturated rings. The average Bonchev–Trinajstić information content (AvgIpc) is 2.88. The van der Waals surface area contributed by atoms with E-state index in [4.69, 9.17) is 0 Å². The van der Waals surface area contributed by atoms with Crippen LogP contribution in [0, 0.1) is 5.92 Å². The molecule has 0 spiro atoms. The number of tetrazole rings is 1. The van der Waals surface area contributed by atoms with E-state index in [-0.39, 0.29) is 11.8 Å². The van der Waals surface area contributed by atoms with Gasteiger partial charge in [-0.2, -0.15) is 4.80 Å². The molecule has 0 radical (unpaired) electrons. The van der Waals surface area contributed by atoms with Crippen molar-refractivity contribution in [3.63, 3.8) is 0 Å². The molecule has 19 heavy (non-hydrogen) atoms. The summed E-state index contributed by atoms with van der Waals surface area (Å²) in [6, 6.07) is 9.12. The number of likely N-dealkylation sites (N-methyl/N-ethyl adjacent to an activating group) is 1. The van der Waals surface area contributed by atoms with E-state index in [1.54, 1.807) is 7.05 Å². The third kappa shape index (κ3) is 2.78. The number of carbonyl (C=O) groups excluding carboxylic acids is 1. The van der Waals surface area contributed by atoms with Crippen LogP contribution in [0.15, 0.2) is 30.3 Å². The lowest BCUT2D eigenvalue weighted by Crippen LogP contribution is -2.34. The van der Waals surface area contributed by atoms with E-state index >= 15 is 0 Å². The van der Waals surface area contributed by atoms with Crippen LogP contribution in [0.5, 0.6) is 0 Å². The quantitative estimate of drug-likeness (QED) is 0.897. The van der Waals surface area contributed by atoms with Crippen LogP contribution in [0.4, 0.5) is 0 Å². The summed E-state index contributed by atoms with van der Waals surface area (Å²) in [7, 11) is 1.60. The molecule has 1 unspecified atom stereocenters. The molecule has 0 bridgehead atoms. The first-order valence-corrected chi connectivity index (χ1v) is 6.20. The monoisotopic (exact) mass is 259 g/mol. The lowest BCUT2D eigenvalue weighted by atomic mass is 10.0. The van der Waals surface area contributed by atoms with Crippen LogP contribution < -0.4 is 5.32 Å². The SMILES string of the molecule is CNC(=O)C(C(C)C)n1nnc(-c2ccccc2)n1. The Kier molecular flexibility index (Phi) is 3.89. The lowest BCUT2D eigenvalue weighted by Gasteiger charge is -2.17. The predicted octanol–water partition coefficient (Wildman–Crippen LogP) is 1.28. The van der Waals surface area contributed by atoms with Crippen LogP contribution >= 0.6 is 0 Å². The van der Waals surface area contributed by atoms with Crippen molar-refractivity contribution in [3.05, 3.63) is 30.3 Å². The summed E-state index contributed by atoms with van der Waals surface area (Å²) in [6.07, 6.45) is 0. The highest BCUT2D eigenvalue weighted by Crippen LogP contribution is 2.18. The second-order valence-electron chi connectivity index (χ2n) is 4.60. The Bertz CT molecular complexity index is 549. The van der Waals surface area contributed by atoms with Gasteiger partial charge in [-0.1, -0.05) is 44.2 Å². The topological polar surface area (TPSA) is 72.7 Å². The molecule has 2 aromatic rings. The number of aromatic nitrogens is 4. The van der Waals surface area contributed by atoms with Crippen LogP contribution in [0.25, 0.3) is 11.4 Å². The third-order valence-corrected chi connectivity index (χ3v) is 2.86. The van der Waals surface area contributed by atoms with Crippen molar-refractivity contribution >= 4 is 5.91 Å². The highest BCUT2D eigenvalue weighted by Gasteiger charge is 2.26. The molecule has 0 aliphatic rings. The zero-order valence-electron chi connectivity index (χ0n) is 11.2. The summed E-state index contributed by atoms with van der Waals surface area (Å²) in [5.74, 6) is 0.486. The van der Waals surface area contributed by atoms with Crippen molar-refractivity contribution in [2.45, 2.75) is 19.9 Å². The second-order valence-corrected chi connectivity index (χ2v) is 4.60. The first-order valence-electron chi connectivity index (χ1n) is 6.20. The number of benzene rings is 1. The number of rotatable bonds is 4. The molecular weight excluding hydrogens is 242 g/mol. The van der Waals surface area contributed by atoms with Gasteiger partial charge in [0.1, 0.15) is 0 Å². The van der Waals surface area contributed by atoms with E-state index in [9.17, 15) is 4.79 Å². The minimum Gasteiger partial charge on any atom is -0.357 e. The Balaban J connectivity index is 2.32. The summed E-state index contributed by atoms with van der Waals surface area (Å²) >= 11 is 0. The van der Waals surface area contributed by atoms with Gasteiger partial charge in [0, 0.05) is 12.6 Å². The molecule has 1 amide bonds. The fourth-order valence-electron chi connectivity index (χ4n) is 1.87. The van der Waals surface area contributed by atoms with Crippen molar-refractivity contribution in [2.75, 3.05) is 7.05 Å². The molecule has 1 atom stereocenters. The second kappa shape index (κ2) is 5.60. The van der Waals surface area contributed by atoms with Crippen LogP contribution in [0.2, 0.25) is 0 Å². The molecular formula is C13H17N5O. The Hall–Kier alpha value is -2.24. The first kappa shape index (κ1) is 13.2. The van der Waals surface area contributed by atoms with Crippen LogP contribution in [-0.4, -0.2) is 33.2 Å². The lowest BCUT2D eigenvalue weighted by molar-refractivity contribution is -0.125. The molecule has 0 saturated heterocycles. The van der Waals surface area contributed by atoms with Gasteiger partial charge in [-0.25, -0.2) is 0 Å². The van der Waals surface area contributed by atoms with E-state index in [0.717, 1.165) is 5.56 Å². The maximum absolute atomic E-state index is 11.9. The Labute approximate surface area is 111 Å². The molecule has 1 aromatic carbocycles. The Morgan fingerprint density at radius 1 is 1.26 bits per heavy atom. The standard InChI is InChI=1S/C13H17N5O/c1-9(2)11(13(19)14-3)18-16-12(15-17-18)10-7-5-4-6-8-10/h4-9,11H,1-3H3,(H,14,19). The molecule has 6 nitrogen and oxygen atoms in total. The highest BCUT2D eigenvalue weighted by molar-refractivity contribution is 5.80. The summed E-state index contributed by atoms with van der Waals surface area (Å²) in [5.41, 5.74) is 0.883. The number of nitrogens with zero attached hydrogens (tertiary/aromatic N) is 4. The molecule has 2 rings (SSSR count). The molecule has 0 aliphatic heterocycles. The Morgan fingerprint density at radius 3 is 2.53 bits per heavy atom. The zero-order valence-corrected chi connectivity index (χ0v) is 11.2. The number of hydrogen-bond acceptors (Lipinski definition) is 4. The summed E-state index contributed by atoms with van der Waals surface area (Å²) in [6.45, 7) is 3.90. The molecule has 0 saturated carbocycles. The normalized spacial score (nSPS) is 12.4.